The van der Waals surface area contributed by atoms with Crippen LogP contribution in [0.1, 0.15) is 57.5 Å². The van der Waals surface area contributed by atoms with Gasteiger partial charge in [-0.2, -0.15) is 0 Å². The molecule has 39 heavy (non-hydrogen) atoms. The first-order chi connectivity index (χ1) is 18.3. The van der Waals surface area contributed by atoms with Crippen molar-refractivity contribution >= 4 is 19.7 Å². The maximum absolute atomic E-state index is 6.73. The highest BCUT2D eigenvalue weighted by Crippen LogP contribution is 2.66. The summed E-state index contributed by atoms with van der Waals surface area (Å²) in [6.07, 6.45) is 4.15. The Labute approximate surface area is 234 Å². The average molecular weight is 548 g/mol. The largest absolute Gasteiger partial charge is 0.416 e. The molecule has 3 aliphatic heterocycles. The minimum Gasteiger partial charge on any atom is -0.416 e. The van der Waals surface area contributed by atoms with E-state index in [2.05, 4.69) is 95.2 Å². The van der Waals surface area contributed by atoms with Gasteiger partial charge in [0.15, 0.2) is 19.8 Å². The summed E-state index contributed by atoms with van der Waals surface area (Å²) in [5.74, 6) is 0.954. The van der Waals surface area contributed by atoms with Crippen LogP contribution in [0.4, 0.5) is 5.69 Å². The molecule has 1 aromatic carbocycles. The van der Waals surface area contributed by atoms with Crippen molar-refractivity contribution in [1.82, 2.24) is 14.6 Å². The lowest BCUT2D eigenvalue weighted by Crippen LogP contribution is -2.59. The Hall–Kier alpha value is -2.26. The summed E-state index contributed by atoms with van der Waals surface area (Å²) in [6, 6.07) is 13.2. The average Bonchev–Trinajstić information content (AvgIpc) is 3.65. The lowest BCUT2D eigenvalue weighted by molar-refractivity contribution is -0.110. The molecule has 1 saturated carbocycles. The Morgan fingerprint density at radius 1 is 1.21 bits per heavy atom. The first-order valence-electron chi connectivity index (χ1n) is 14.5. The number of rotatable bonds is 7. The zero-order valence-corrected chi connectivity index (χ0v) is 25.8. The van der Waals surface area contributed by atoms with Crippen molar-refractivity contribution in [3.8, 4) is 0 Å². The molecule has 3 saturated heterocycles. The molecule has 4 fully saturated rings. The molecule has 3 unspecified atom stereocenters. The zero-order valence-electron chi connectivity index (χ0n) is 24.8. The molecule has 0 spiro atoms. The molecule has 8 heteroatoms. The van der Waals surface area contributed by atoms with Gasteiger partial charge in [-0.3, -0.25) is 0 Å². The third kappa shape index (κ3) is 4.09. The maximum Gasteiger partial charge on any atom is 0.191 e. The SMILES string of the molecule is Cc1cc(N2CC[C@](C)(c3ccccc3)C2)cn2nc(C34CC(CN)(CO3)C4CO[Si](C)(C)C(C)(C)C)nc12. The molecule has 1 aliphatic carbocycles. The molecule has 2 aromatic heterocycles. The van der Waals surface area contributed by atoms with Gasteiger partial charge >= 0.3 is 0 Å². The summed E-state index contributed by atoms with van der Waals surface area (Å²) < 4.78 is 15.2. The number of nitrogens with two attached hydrogens (primary N) is 1. The van der Waals surface area contributed by atoms with Crippen LogP contribution in [-0.4, -0.2) is 55.8 Å². The summed E-state index contributed by atoms with van der Waals surface area (Å²) in [4.78, 5) is 7.57. The molecule has 2 bridgehead atoms. The number of benzene rings is 1. The molecule has 0 amide bonds. The standard InChI is InChI=1S/C31H45N5O2Si/c1-22-15-24(35-14-13-29(5,20-35)23-11-9-8-10-12-23)16-36-26(22)33-27(34-36)31-18-30(19-32,21-37-31)25(31)17-38-39(6,7)28(2,3)4/h8-12,15-16,25H,13-14,17-21,32H2,1-7H3/t25?,29-,30?,31?/m0/s1. The highest BCUT2D eigenvalue weighted by atomic mass is 28.4. The van der Waals surface area contributed by atoms with Crippen LogP contribution in [0.15, 0.2) is 42.6 Å². The predicted molar refractivity (Wildman–Crippen MR) is 159 cm³/mol. The summed E-state index contributed by atoms with van der Waals surface area (Å²) >= 11 is 0. The molecule has 7 nitrogen and oxygen atoms in total. The number of aromatic nitrogens is 3. The fraction of sp³-hybridized carbons (Fsp3) is 0.613. The van der Waals surface area contributed by atoms with Gasteiger partial charge < -0.3 is 19.8 Å². The van der Waals surface area contributed by atoms with Gasteiger partial charge in [-0.25, -0.2) is 9.50 Å². The first-order valence-corrected chi connectivity index (χ1v) is 17.4. The smallest absolute Gasteiger partial charge is 0.191 e. The van der Waals surface area contributed by atoms with Gasteiger partial charge in [0.05, 0.1) is 18.5 Å². The molecule has 4 atom stereocenters. The molecule has 7 rings (SSSR count). The molecular weight excluding hydrogens is 502 g/mol. The van der Waals surface area contributed by atoms with Crippen LogP contribution in [0.3, 0.4) is 0 Å². The Kier molecular flexibility index (Phi) is 6.12. The lowest BCUT2D eigenvalue weighted by atomic mass is 9.54. The van der Waals surface area contributed by atoms with Crippen molar-refractivity contribution in [2.45, 2.75) is 76.6 Å². The van der Waals surface area contributed by atoms with Gasteiger partial charge in [0.2, 0.25) is 0 Å². The summed E-state index contributed by atoms with van der Waals surface area (Å²) in [5, 5.41) is 5.22. The van der Waals surface area contributed by atoms with Crippen LogP contribution >= 0.6 is 0 Å². The van der Waals surface area contributed by atoms with E-state index in [9.17, 15) is 0 Å². The normalized spacial score (nSPS) is 30.8. The minimum absolute atomic E-state index is 0.0442. The lowest BCUT2D eigenvalue weighted by Gasteiger charge is -2.52. The molecule has 0 radical (unpaired) electrons. The second kappa shape index (κ2) is 8.87. The van der Waals surface area contributed by atoms with Gasteiger partial charge in [0.1, 0.15) is 5.60 Å². The summed E-state index contributed by atoms with van der Waals surface area (Å²) in [6.45, 7) is 19.9. The summed E-state index contributed by atoms with van der Waals surface area (Å²) in [5.41, 5.74) is 10.6. The topological polar surface area (TPSA) is 77.9 Å². The fourth-order valence-corrected chi connectivity index (χ4v) is 7.86. The number of pyridine rings is 1. The van der Waals surface area contributed by atoms with Crippen LogP contribution in [0.2, 0.25) is 18.1 Å². The quantitative estimate of drug-likeness (QED) is 0.398. The van der Waals surface area contributed by atoms with Crippen molar-refractivity contribution in [3.63, 3.8) is 0 Å². The number of ether oxygens (including phenoxy) is 1. The molecule has 4 aliphatic rings. The van der Waals surface area contributed by atoms with Crippen LogP contribution in [-0.2, 0) is 20.2 Å². The van der Waals surface area contributed by atoms with Gasteiger partial charge in [-0.15, -0.1) is 5.10 Å². The second-order valence-electron chi connectivity index (χ2n) is 14.2. The molecule has 5 heterocycles. The first kappa shape index (κ1) is 26.9. The van der Waals surface area contributed by atoms with Gasteiger partial charge in [0, 0.05) is 43.0 Å². The molecular formula is C31H45N5O2Si. The van der Waals surface area contributed by atoms with Crippen molar-refractivity contribution in [2.75, 3.05) is 37.7 Å². The second-order valence-corrected chi connectivity index (χ2v) is 19.0. The van der Waals surface area contributed by atoms with Gasteiger partial charge in [-0.05, 0) is 55.1 Å². The van der Waals surface area contributed by atoms with E-state index in [0.717, 1.165) is 43.0 Å². The van der Waals surface area contributed by atoms with Gasteiger partial charge in [-0.1, -0.05) is 58.0 Å². The third-order valence-electron chi connectivity index (χ3n) is 10.6. The van der Waals surface area contributed by atoms with Crippen molar-refractivity contribution in [3.05, 3.63) is 59.5 Å². The van der Waals surface area contributed by atoms with Crippen molar-refractivity contribution in [2.24, 2.45) is 17.1 Å². The van der Waals surface area contributed by atoms with Crippen LogP contribution < -0.4 is 10.6 Å². The van der Waals surface area contributed by atoms with E-state index < -0.39 is 13.9 Å². The number of hydrogen-bond donors (Lipinski definition) is 1. The zero-order chi connectivity index (χ0) is 27.8. The number of hydrogen-bond acceptors (Lipinski definition) is 6. The van der Waals surface area contributed by atoms with E-state index in [1.54, 1.807) is 0 Å². The van der Waals surface area contributed by atoms with Crippen LogP contribution in [0, 0.1) is 18.3 Å². The number of aryl methyl sites for hydroxylation is 1. The molecule has 3 aromatic rings. The predicted octanol–water partition coefficient (Wildman–Crippen LogP) is 5.42. The number of nitrogens with zero attached hydrogens (tertiary/aromatic N) is 4. The fourth-order valence-electron chi connectivity index (χ4n) is 6.84. The molecule has 2 N–H and O–H groups in total. The van der Waals surface area contributed by atoms with E-state index in [1.807, 2.05) is 4.52 Å². The van der Waals surface area contributed by atoms with E-state index in [0.29, 0.717) is 19.8 Å². The monoisotopic (exact) mass is 547 g/mol. The van der Waals surface area contributed by atoms with Crippen molar-refractivity contribution in [1.29, 1.82) is 0 Å². The Bertz CT molecular complexity index is 1380. The van der Waals surface area contributed by atoms with E-state index in [1.165, 1.54) is 11.3 Å². The Morgan fingerprint density at radius 2 is 1.95 bits per heavy atom. The summed E-state index contributed by atoms with van der Waals surface area (Å²) in [7, 11) is -1.91. The van der Waals surface area contributed by atoms with Gasteiger partial charge in [0.25, 0.3) is 0 Å². The van der Waals surface area contributed by atoms with E-state index in [4.69, 9.17) is 25.0 Å². The van der Waals surface area contributed by atoms with E-state index >= 15 is 0 Å². The highest BCUT2D eigenvalue weighted by molar-refractivity contribution is 6.74. The van der Waals surface area contributed by atoms with E-state index in [-0.39, 0.29) is 21.8 Å². The van der Waals surface area contributed by atoms with Crippen molar-refractivity contribution < 1.29 is 9.16 Å². The number of fused-ring (bicyclic) bond motifs is 2. The highest BCUT2D eigenvalue weighted by Gasteiger charge is 2.72. The van der Waals surface area contributed by atoms with Crippen LogP contribution in [0.5, 0.6) is 0 Å². The Morgan fingerprint density at radius 3 is 2.64 bits per heavy atom. The number of anilines is 1. The Balaban J connectivity index is 1.28. The maximum atomic E-state index is 6.73. The molecule has 210 valence electrons. The van der Waals surface area contributed by atoms with Crippen LogP contribution in [0.25, 0.3) is 5.65 Å². The minimum atomic E-state index is -1.91. The third-order valence-corrected chi connectivity index (χ3v) is 15.1.